The van der Waals surface area contributed by atoms with Gasteiger partial charge in [0, 0.05) is 30.6 Å². The molecule has 0 spiro atoms. The lowest BCUT2D eigenvalue weighted by Crippen LogP contribution is -2.40. The Labute approximate surface area is 107 Å². The Balaban J connectivity index is 2.33. The highest BCUT2D eigenvalue weighted by Gasteiger charge is 2.12. The molecule has 16 heavy (non-hydrogen) atoms. The van der Waals surface area contributed by atoms with E-state index in [1.807, 2.05) is 5.38 Å². The molecule has 5 heteroatoms. The van der Waals surface area contributed by atoms with E-state index < -0.39 is 0 Å². The van der Waals surface area contributed by atoms with E-state index >= 15 is 0 Å². The van der Waals surface area contributed by atoms with Gasteiger partial charge >= 0.3 is 0 Å². The fourth-order valence-corrected chi connectivity index (χ4v) is 2.61. The average Bonchev–Trinajstić information content (AvgIpc) is 2.57. The number of hydrogen-bond donors (Lipinski definition) is 1. The standard InChI is InChI=1S/C11H20ClN3S/c1-8(2)15(9(3)4)6-5-13-11-14-10(12)7-16-11/h7-9H,5-6H2,1-4H3,(H,13,14). The highest BCUT2D eigenvalue weighted by Crippen LogP contribution is 2.18. The lowest BCUT2D eigenvalue weighted by Gasteiger charge is -2.30. The Bertz CT molecular complexity index is 304. The molecule has 0 radical (unpaired) electrons. The summed E-state index contributed by atoms with van der Waals surface area (Å²) in [7, 11) is 0. The summed E-state index contributed by atoms with van der Waals surface area (Å²) in [6.45, 7) is 10.8. The summed E-state index contributed by atoms with van der Waals surface area (Å²) in [5.41, 5.74) is 0. The molecule has 0 aliphatic heterocycles. The number of rotatable bonds is 6. The first-order valence-electron chi connectivity index (χ1n) is 5.61. The van der Waals surface area contributed by atoms with Crippen molar-refractivity contribution in [2.75, 3.05) is 18.4 Å². The second-order valence-electron chi connectivity index (χ2n) is 4.33. The molecule has 1 rings (SSSR count). The van der Waals surface area contributed by atoms with E-state index in [0.717, 1.165) is 18.2 Å². The molecule has 0 saturated carbocycles. The topological polar surface area (TPSA) is 28.2 Å². The third-order valence-corrected chi connectivity index (χ3v) is 3.57. The molecule has 1 aromatic rings. The van der Waals surface area contributed by atoms with E-state index in [-0.39, 0.29) is 0 Å². The van der Waals surface area contributed by atoms with Crippen LogP contribution in [0.25, 0.3) is 0 Å². The van der Waals surface area contributed by atoms with Gasteiger partial charge in [0.25, 0.3) is 0 Å². The largest absolute Gasteiger partial charge is 0.360 e. The Morgan fingerprint density at radius 1 is 1.38 bits per heavy atom. The zero-order valence-electron chi connectivity index (χ0n) is 10.3. The molecule has 3 nitrogen and oxygen atoms in total. The van der Waals surface area contributed by atoms with Gasteiger partial charge in [0.1, 0.15) is 5.15 Å². The maximum atomic E-state index is 5.75. The predicted octanol–water partition coefficient (Wildman–Crippen LogP) is 3.33. The van der Waals surface area contributed by atoms with Crippen LogP contribution in [0.2, 0.25) is 5.15 Å². The molecule has 0 unspecified atom stereocenters. The van der Waals surface area contributed by atoms with Gasteiger partial charge in [-0.1, -0.05) is 11.6 Å². The smallest absolute Gasteiger partial charge is 0.184 e. The Morgan fingerprint density at radius 2 is 2.00 bits per heavy atom. The van der Waals surface area contributed by atoms with Crippen molar-refractivity contribution in [1.29, 1.82) is 0 Å². The van der Waals surface area contributed by atoms with Gasteiger partial charge in [-0.05, 0) is 27.7 Å². The number of thiazole rings is 1. The van der Waals surface area contributed by atoms with Crippen molar-refractivity contribution in [3.8, 4) is 0 Å². The van der Waals surface area contributed by atoms with Crippen LogP contribution >= 0.6 is 22.9 Å². The molecule has 1 N–H and O–H groups in total. The lowest BCUT2D eigenvalue weighted by atomic mass is 10.2. The number of nitrogens with zero attached hydrogens (tertiary/aromatic N) is 2. The van der Waals surface area contributed by atoms with Crippen LogP contribution in [-0.4, -0.2) is 35.1 Å². The fourth-order valence-electron chi connectivity index (χ4n) is 1.74. The minimum absolute atomic E-state index is 0.567. The summed E-state index contributed by atoms with van der Waals surface area (Å²) >= 11 is 7.30. The van der Waals surface area contributed by atoms with Gasteiger partial charge in [-0.15, -0.1) is 11.3 Å². The van der Waals surface area contributed by atoms with Crippen LogP contribution in [0.15, 0.2) is 5.38 Å². The summed E-state index contributed by atoms with van der Waals surface area (Å²) in [6, 6.07) is 1.14. The first kappa shape index (κ1) is 13.7. The second-order valence-corrected chi connectivity index (χ2v) is 5.57. The molecular formula is C11H20ClN3S. The fraction of sp³-hybridized carbons (Fsp3) is 0.727. The van der Waals surface area contributed by atoms with Crippen molar-refractivity contribution in [3.63, 3.8) is 0 Å². The van der Waals surface area contributed by atoms with E-state index in [2.05, 4.69) is 42.9 Å². The minimum Gasteiger partial charge on any atom is -0.360 e. The van der Waals surface area contributed by atoms with Gasteiger partial charge in [0.2, 0.25) is 0 Å². The third kappa shape index (κ3) is 4.28. The molecule has 0 aliphatic rings. The number of aromatic nitrogens is 1. The highest BCUT2D eigenvalue weighted by atomic mass is 35.5. The molecule has 0 aliphatic carbocycles. The summed E-state index contributed by atoms with van der Waals surface area (Å²) in [5.74, 6) is 0. The lowest BCUT2D eigenvalue weighted by molar-refractivity contribution is 0.182. The van der Waals surface area contributed by atoms with E-state index in [4.69, 9.17) is 11.6 Å². The normalized spacial score (nSPS) is 11.8. The molecular weight excluding hydrogens is 242 g/mol. The monoisotopic (exact) mass is 261 g/mol. The van der Waals surface area contributed by atoms with Crippen molar-refractivity contribution in [2.24, 2.45) is 0 Å². The summed E-state index contributed by atoms with van der Waals surface area (Å²) < 4.78 is 0. The molecule has 0 saturated heterocycles. The van der Waals surface area contributed by atoms with Crippen LogP contribution in [-0.2, 0) is 0 Å². The van der Waals surface area contributed by atoms with E-state index in [1.165, 1.54) is 0 Å². The van der Waals surface area contributed by atoms with Crippen molar-refractivity contribution >= 4 is 28.1 Å². The Hall–Kier alpha value is -0.320. The van der Waals surface area contributed by atoms with Gasteiger partial charge < -0.3 is 5.32 Å². The van der Waals surface area contributed by atoms with E-state index in [0.29, 0.717) is 17.2 Å². The zero-order valence-corrected chi connectivity index (χ0v) is 11.9. The van der Waals surface area contributed by atoms with Crippen molar-refractivity contribution in [1.82, 2.24) is 9.88 Å². The predicted molar refractivity (Wildman–Crippen MR) is 72.6 cm³/mol. The first-order chi connectivity index (χ1) is 7.50. The van der Waals surface area contributed by atoms with Crippen molar-refractivity contribution in [3.05, 3.63) is 10.5 Å². The zero-order chi connectivity index (χ0) is 12.1. The molecule has 0 bridgehead atoms. The molecule has 1 aromatic heterocycles. The van der Waals surface area contributed by atoms with Crippen molar-refractivity contribution in [2.45, 2.75) is 39.8 Å². The van der Waals surface area contributed by atoms with Crippen LogP contribution in [0.5, 0.6) is 0 Å². The van der Waals surface area contributed by atoms with Crippen LogP contribution < -0.4 is 5.32 Å². The summed E-state index contributed by atoms with van der Waals surface area (Å²) in [5, 5.41) is 6.59. The van der Waals surface area contributed by atoms with Crippen LogP contribution in [0.1, 0.15) is 27.7 Å². The number of anilines is 1. The quantitative estimate of drug-likeness (QED) is 0.852. The third-order valence-electron chi connectivity index (χ3n) is 2.45. The maximum Gasteiger partial charge on any atom is 0.184 e. The Kier molecular flexibility index (Phi) is 5.52. The van der Waals surface area contributed by atoms with Crippen LogP contribution in [0, 0.1) is 0 Å². The molecule has 0 amide bonds. The van der Waals surface area contributed by atoms with Gasteiger partial charge in [-0.25, -0.2) is 4.98 Å². The van der Waals surface area contributed by atoms with Crippen molar-refractivity contribution < 1.29 is 0 Å². The molecule has 0 aromatic carbocycles. The van der Waals surface area contributed by atoms with Gasteiger partial charge in [-0.2, -0.15) is 0 Å². The van der Waals surface area contributed by atoms with E-state index in [9.17, 15) is 0 Å². The molecule has 92 valence electrons. The molecule has 0 fully saturated rings. The minimum atomic E-state index is 0.567. The van der Waals surface area contributed by atoms with Crippen LogP contribution in [0.4, 0.5) is 5.13 Å². The average molecular weight is 262 g/mol. The maximum absolute atomic E-state index is 5.75. The number of halogens is 1. The summed E-state index contributed by atoms with van der Waals surface area (Å²) in [6.07, 6.45) is 0. The van der Waals surface area contributed by atoms with Gasteiger partial charge in [0.05, 0.1) is 0 Å². The Morgan fingerprint density at radius 3 is 2.44 bits per heavy atom. The second kappa shape index (κ2) is 6.42. The van der Waals surface area contributed by atoms with Gasteiger partial charge in [-0.3, -0.25) is 4.90 Å². The molecule has 0 atom stereocenters. The number of hydrogen-bond acceptors (Lipinski definition) is 4. The highest BCUT2D eigenvalue weighted by molar-refractivity contribution is 7.14. The molecule has 1 heterocycles. The number of nitrogens with one attached hydrogen (secondary N) is 1. The first-order valence-corrected chi connectivity index (χ1v) is 6.87. The van der Waals surface area contributed by atoms with Gasteiger partial charge in [0.15, 0.2) is 5.13 Å². The van der Waals surface area contributed by atoms with E-state index in [1.54, 1.807) is 11.3 Å². The SMILES string of the molecule is CC(C)N(CCNc1nc(Cl)cs1)C(C)C. The van der Waals surface area contributed by atoms with Crippen LogP contribution in [0.3, 0.4) is 0 Å². The summed E-state index contributed by atoms with van der Waals surface area (Å²) in [4.78, 5) is 6.60.